The molecule has 2 rings (SSSR count). The van der Waals surface area contributed by atoms with Crippen LogP contribution in [0.5, 0.6) is 0 Å². The van der Waals surface area contributed by atoms with Gasteiger partial charge < -0.3 is 20.7 Å². The number of hydrogen-bond acceptors (Lipinski definition) is 6. The molecule has 1 aromatic carbocycles. The summed E-state index contributed by atoms with van der Waals surface area (Å²) in [6.45, 7) is 1.72. The van der Waals surface area contributed by atoms with Crippen LogP contribution in [0.15, 0.2) is 27.8 Å². The molecule has 0 radical (unpaired) electrons. The zero-order chi connectivity index (χ0) is 24.8. The van der Waals surface area contributed by atoms with Crippen molar-refractivity contribution in [3.63, 3.8) is 0 Å². The predicted molar refractivity (Wildman–Crippen MR) is 120 cm³/mol. The molecular weight excluding hydrogens is 467 g/mol. The Morgan fingerprint density at radius 2 is 2.03 bits per heavy atom. The minimum Gasteiger partial charge on any atom is -0.383 e. The van der Waals surface area contributed by atoms with Crippen LogP contribution < -0.4 is 27.2 Å². The Kier molecular flexibility index (Phi) is 8.94. The molecule has 13 heteroatoms. The number of alkyl halides is 3. The fourth-order valence-corrected chi connectivity index (χ4v) is 3.29. The summed E-state index contributed by atoms with van der Waals surface area (Å²) in [4.78, 5) is 40.8. The molecule has 2 aromatic rings. The van der Waals surface area contributed by atoms with Gasteiger partial charge in [-0.3, -0.25) is 19.1 Å². The van der Waals surface area contributed by atoms with Gasteiger partial charge in [-0.1, -0.05) is 24.9 Å². The summed E-state index contributed by atoms with van der Waals surface area (Å²) in [7, 11) is 1.40. The second kappa shape index (κ2) is 11.2. The number of H-pyrrole nitrogens is 1. The highest BCUT2D eigenvalue weighted by molar-refractivity contribution is 6.30. The monoisotopic (exact) mass is 491 g/mol. The maximum absolute atomic E-state index is 13.3. The molecule has 0 fully saturated rings. The Morgan fingerprint density at radius 1 is 1.33 bits per heavy atom. The number of unbranched alkanes of at least 4 members (excludes halogenated alkanes) is 1. The zero-order valence-electron chi connectivity index (χ0n) is 18.1. The first-order valence-corrected chi connectivity index (χ1v) is 10.4. The van der Waals surface area contributed by atoms with Crippen LogP contribution in [0.2, 0.25) is 5.02 Å². The van der Waals surface area contributed by atoms with Gasteiger partial charge in [0.1, 0.15) is 11.5 Å². The van der Waals surface area contributed by atoms with E-state index in [0.717, 1.165) is 12.5 Å². The van der Waals surface area contributed by atoms with Crippen molar-refractivity contribution in [1.29, 1.82) is 0 Å². The highest BCUT2D eigenvalue weighted by atomic mass is 35.5. The highest BCUT2D eigenvalue weighted by Gasteiger charge is 2.34. The summed E-state index contributed by atoms with van der Waals surface area (Å²) in [5.74, 6) is -0.993. The summed E-state index contributed by atoms with van der Waals surface area (Å²) in [6, 6.07) is 2.95. The second-order valence-corrected chi connectivity index (χ2v) is 7.58. The van der Waals surface area contributed by atoms with Gasteiger partial charge in [-0.25, -0.2) is 4.79 Å². The Labute approximate surface area is 192 Å². The number of aromatic amines is 1. The lowest BCUT2D eigenvalue weighted by molar-refractivity contribution is -0.137. The third-order valence-electron chi connectivity index (χ3n) is 4.73. The van der Waals surface area contributed by atoms with Crippen LogP contribution >= 0.6 is 11.6 Å². The van der Waals surface area contributed by atoms with E-state index in [1.54, 1.807) is 0 Å². The molecule has 0 atom stereocenters. The number of anilines is 3. The smallest absolute Gasteiger partial charge is 0.383 e. The quantitative estimate of drug-likeness (QED) is 0.469. The number of carbonyl (C=O) groups is 1. The number of rotatable bonds is 10. The summed E-state index contributed by atoms with van der Waals surface area (Å²) in [5, 5.41) is 2.06. The SMILES string of the molecule is CCCCn1c(N)c(N(CCOC)CC(=O)Nc2ccc(Cl)cc2C(F)(F)F)c(=O)[nH]c1=O. The average Bonchev–Trinajstić information content (AvgIpc) is 2.72. The summed E-state index contributed by atoms with van der Waals surface area (Å²) in [6.07, 6.45) is -3.37. The molecule has 1 aromatic heterocycles. The summed E-state index contributed by atoms with van der Waals surface area (Å²) in [5.41, 5.74) is 2.83. The van der Waals surface area contributed by atoms with Gasteiger partial charge in [-0.05, 0) is 24.6 Å². The van der Waals surface area contributed by atoms with E-state index in [1.165, 1.54) is 22.6 Å². The number of nitrogens with two attached hydrogens (primary N) is 1. The first-order valence-electron chi connectivity index (χ1n) is 10.0. The van der Waals surface area contributed by atoms with Crippen LogP contribution in [0, 0.1) is 0 Å². The highest BCUT2D eigenvalue weighted by Crippen LogP contribution is 2.36. The number of ether oxygens (including phenoxy) is 1. The van der Waals surface area contributed by atoms with Gasteiger partial charge in [0.15, 0.2) is 0 Å². The molecule has 0 bridgehead atoms. The number of nitrogen functional groups attached to an aromatic ring is 1. The van der Waals surface area contributed by atoms with Crippen LogP contribution in [0.25, 0.3) is 0 Å². The van der Waals surface area contributed by atoms with Gasteiger partial charge in [0, 0.05) is 25.2 Å². The van der Waals surface area contributed by atoms with Crippen molar-refractivity contribution in [2.75, 3.05) is 42.8 Å². The zero-order valence-corrected chi connectivity index (χ0v) is 18.8. The molecule has 0 saturated carbocycles. The molecule has 0 aliphatic carbocycles. The van der Waals surface area contributed by atoms with Crippen molar-refractivity contribution in [2.45, 2.75) is 32.5 Å². The molecule has 0 unspecified atom stereocenters. The molecule has 1 amide bonds. The Morgan fingerprint density at radius 3 is 2.64 bits per heavy atom. The molecule has 0 saturated heterocycles. The molecule has 0 aliphatic rings. The third-order valence-corrected chi connectivity index (χ3v) is 4.96. The molecule has 1 heterocycles. The number of hydrogen-bond donors (Lipinski definition) is 3. The van der Waals surface area contributed by atoms with Crippen LogP contribution in [0.1, 0.15) is 25.3 Å². The van der Waals surface area contributed by atoms with Gasteiger partial charge in [0.05, 0.1) is 24.4 Å². The first kappa shape index (κ1) is 26.3. The Hall–Kier alpha value is -2.99. The van der Waals surface area contributed by atoms with Crippen molar-refractivity contribution >= 4 is 34.7 Å². The minimum absolute atomic E-state index is 0.00985. The van der Waals surface area contributed by atoms with Crippen molar-refractivity contribution in [3.05, 3.63) is 49.6 Å². The number of amides is 1. The lowest BCUT2D eigenvalue weighted by Gasteiger charge is -2.25. The number of halogens is 4. The van der Waals surface area contributed by atoms with Crippen molar-refractivity contribution in [2.24, 2.45) is 0 Å². The van der Waals surface area contributed by atoms with Gasteiger partial charge in [-0.2, -0.15) is 13.2 Å². The normalized spacial score (nSPS) is 11.5. The largest absolute Gasteiger partial charge is 0.418 e. The van der Waals surface area contributed by atoms with Crippen LogP contribution in [-0.2, 0) is 22.3 Å². The third kappa shape index (κ3) is 6.75. The number of carbonyl (C=O) groups excluding carboxylic acids is 1. The van der Waals surface area contributed by atoms with Crippen molar-refractivity contribution < 1.29 is 22.7 Å². The number of benzene rings is 1. The van der Waals surface area contributed by atoms with Crippen molar-refractivity contribution in [1.82, 2.24) is 9.55 Å². The molecule has 182 valence electrons. The first-order chi connectivity index (χ1) is 15.5. The second-order valence-electron chi connectivity index (χ2n) is 7.15. The molecular formula is C20H25ClF3N5O4. The molecule has 9 nitrogen and oxygen atoms in total. The number of aromatic nitrogens is 2. The van der Waals surface area contributed by atoms with E-state index in [2.05, 4.69) is 10.3 Å². The number of methoxy groups -OCH3 is 1. The van der Waals surface area contributed by atoms with E-state index in [0.29, 0.717) is 12.5 Å². The predicted octanol–water partition coefficient (Wildman–Crippen LogP) is 2.68. The van der Waals surface area contributed by atoms with E-state index in [1.807, 2.05) is 6.92 Å². The molecule has 0 spiro atoms. The lowest BCUT2D eigenvalue weighted by atomic mass is 10.1. The van der Waals surface area contributed by atoms with E-state index in [9.17, 15) is 27.6 Å². The Balaban J connectivity index is 2.39. The fraction of sp³-hybridized carbons (Fsp3) is 0.450. The summed E-state index contributed by atoms with van der Waals surface area (Å²) < 4.78 is 46.2. The molecule has 33 heavy (non-hydrogen) atoms. The lowest BCUT2D eigenvalue weighted by Crippen LogP contribution is -2.43. The van der Waals surface area contributed by atoms with E-state index >= 15 is 0 Å². The van der Waals surface area contributed by atoms with E-state index in [-0.39, 0.29) is 36.2 Å². The maximum Gasteiger partial charge on any atom is 0.418 e. The van der Waals surface area contributed by atoms with Gasteiger partial charge in [0.25, 0.3) is 5.56 Å². The molecule has 4 N–H and O–H groups in total. The number of nitrogens with one attached hydrogen (secondary N) is 2. The van der Waals surface area contributed by atoms with Gasteiger partial charge >= 0.3 is 11.9 Å². The fourth-order valence-electron chi connectivity index (χ4n) is 3.12. The maximum atomic E-state index is 13.3. The summed E-state index contributed by atoms with van der Waals surface area (Å²) >= 11 is 5.66. The van der Waals surface area contributed by atoms with Crippen LogP contribution in [0.3, 0.4) is 0 Å². The van der Waals surface area contributed by atoms with E-state index in [4.69, 9.17) is 22.1 Å². The number of nitrogens with zero attached hydrogens (tertiary/aromatic N) is 2. The minimum atomic E-state index is -4.75. The standard InChI is InChI=1S/C20H25ClF3N5O4/c1-3-4-7-29-17(25)16(18(31)27-19(29)32)28(8-9-33-2)11-15(30)26-14-6-5-12(21)10-13(14)20(22,23)24/h5-6,10H,3-4,7-9,11,25H2,1-2H3,(H,26,30)(H,27,31,32). The Bertz CT molecular complexity index is 1100. The van der Waals surface area contributed by atoms with Crippen LogP contribution in [-0.4, -0.2) is 42.3 Å². The van der Waals surface area contributed by atoms with Crippen molar-refractivity contribution in [3.8, 4) is 0 Å². The molecule has 0 aliphatic heterocycles. The topological polar surface area (TPSA) is 122 Å². The average molecular weight is 492 g/mol. The van der Waals surface area contributed by atoms with Gasteiger partial charge in [0.2, 0.25) is 5.91 Å². The van der Waals surface area contributed by atoms with Gasteiger partial charge in [-0.15, -0.1) is 0 Å². The van der Waals surface area contributed by atoms with Crippen LogP contribution in [0.4, 0.5) is 30.4 Å². The van der Waals surface area contributed by atoms with E-state index < -0.39 is 41.1 Å².